The highest BCUT2D eigenvalue weighted by atomic mass is 35.5. The van der Waals surface area contributed by atoms with E-state index in [4.69, 9.17) is 33.1 Å². The van der Waals surface area contributed by atoms with Crippen molar-refractivity contribution in [2.75, 3.05) is 18.4 Å². The molecule has 36 heavy (non-hydrogen) atoms. The number of aromatic hydroxyl groups is 1. The highest BCUT2D eigenvalue weighted by Gasteiger charge is 2.19. The van der Waals surface area contributed by atoms with E-state index in [1.807, 2.05) is 19.1 Å². The minimum atomic E-state index is -0.854. The van der Waals surface area contributed by atoms with Crippen molar-refractivity contribution in [1.82, 2.24) is 10.4 Å². The topological polar surface area (TPSA) is 111 Å². The standard InChI is InChI=1S/C26H27Cl2N3O5/c1-3-5-17-8-9-31(14-16(17)4-2)15-18-10-20(6-7-23(18)32)36-26-21(27)11-19(12-22(26)28)29-24(33)13-25(34)30-35/h3-7,10-12,32,35H,2,8-9,13-15H2,1H3,(H,29,33)(H,30,34)/b5-3-. The van der Waals surface area contributed by atoms with Crippen molar-refractivity contribution in [1.29, 1.82) is 0 Å². The van der Waals surface area contributed by atoms with E-state index in [0.717, 1.165) is 25.1 Å². The average Bonchev–Trinajstić information content (AvgIpc) is 2.84. The van der Waals surface area contributed by atoms with Crippen LogP contribution >= 0.6 is 23.2 Å². The average molecular weight is 532 g/mol. The van der Waals surface area contributed by atoms with E-state index in [1.165, 1.54) is 23.2 Å². The van der Waals surface area contributed by atoms with Crippen LogP contribution in [-0.4, -0.2) is 40.1 Å². The first-order valence-electron chi connectivity index (χ1n) is 11.1. The molecule has 0 aromatic heterocycles. The number of halogens is 2. The van der Waals surface area contributed by atoms with Crippen molar-refractivity contribution in [3.63, 3.8) is 0 Å². The van der Waals surface area contributed by atoms with Gasteiger partial charge in [-0.25, -0.2) is 5.48 Å². The fraction of sp³-hybridized carbons (Fsp3) is 0.231. The van der Waals surface area contributed by atoms with Crippen molar-refractivity contribution in [3.8, 4) is 17.2 Å². The number of carbonyl (C=O) groups excluding carboxylic acids is 2. The van der Waals surface area contributed by atoms with Crippen molar-refractivity contribution in [2.24, 2.45) is 0 Å². The predicted molar refractivity (Wildman–Crippen MR) is 140 cm³/mol. The van der Waals surface area contributed by atoms with Gasteiger partial charge in [0.15, 0.2) is 5.75 Å². The molecule has 8 nitrogen and oxygen atoms in total. The lowest BCUT2D eigenvalue weighted by Gasteiger charge is -2.29. The van der Waals surface area contributed by atoms with Crippen molar-refractivity contribution in [2.45, 2.75) is 26.3 Å². The zero-order valence-electron chi connectivity index (χ0n) is 19.7. The Labute approximate surface area is 219 Å². The van der Waals surface area contributed by atoms with Gasteiger partial charge in [0.1, 0.15) is 17.9 Å². The molecule has 10 heteroatoms. The maximum Gasteiger partial charge on any atom is 0.252 e. The molecule has 0 fully saturated rings. The highest BCUT2D eigenvalue weighted by Crippen LogP contribution is 2.40. The second-order valence-corrected chi connectivity index (χ2v) is 8.95. The molecule has 1 heterocycles. The second-order valence-electron chi connectivity index (χ2n) is 8.14. The van der Waals surface area contributed by atoms with Gasteiger partial charge in [0.25, 0.3) is 5.91 Å². The maximum absolute atomic E-state index is 11.9. The number of phenols is 1. The third kappa shape index (κ3) is 7.11. The smallest absolute Gasteiger partial charge is 0.252 e. The molecule has 2 aromatic rings. The summed E-state index contributed by atoms with van der Waals surface area (Å²) in [7, 11) is 0. The number of rotatable bonds is 9. The summed E-state index contributed by atoms with van der Waals surface area (Å²) in [6.07, 6.45) is 6.32. The Hall–Kier alpha value is -3.30. The minimum Gasteiger partial charge on any atom is -0.508 e. The molecule has 0 atom stereocenters. The second kappa shape index (κ2) is 12.6. The molecule has 190 valence electrons. The van der Waals surface area contributed by atoms with Crippen molar-refractivity contribution in [3.05, 3.63) is 81.9 Å². The Bertz CT molecular complexity index is 1200. The fourth-order valence-corrected chi connectivity index (χ4v) is 4.38. The molecule has 0 saturated heterocycles. The number of carbonyl (C=O) groups is 2. The molecule has 0 saturated carbocycles. The van der Waals surface area contributed by atoms with Gasteiger partial charge in [0, 0.05) is 30.9 Å². The molecule has 2 amide bonds. The molecule has 0 radical (unpaired) electrons. The first-order chi connectivity index (χ1) is 17.2. The van der Waals surface area contributed by atoms with Crippen LogP contribution in [0.2, 0.25) is 10.0 Å². The van der Waals surface area contributed by atoms with Crippen LogP contribution < -0.4 is 15.5 Å². The van der Waals surface area contributed by atoms with E-state index in [9.17, 15) is 14.7 Å². The molecule has 0 spiro atoms. The summed E-state index contributed by atoms with van der Waals surface area (Å²) in [6, 6.07) is 7.73. The number of ether oxygens (including phenoxy) is 1. The number of phenolic OH excluding ortho intramolecular Hbond substituents is 1. The lowest BCUT2D eigenvalue weighted by molar-refractivity contribution is -0.132. The maximum atomic E-state index is 11.9. The number of nitrogens with one attached hydrogen (secondary N) is 2. The summed E-state index contributed by atoms with van der Waals surface area (Å²) in [5, 5.41) is 21.7. The van der Waals surface area contributed by atoms with E-state index in [2.05, 4.69) is 22.9 Å². The van der Waals surface area contributed by atoms with Gasteiger partial charge in [-0.1, -0.05) is 48.0 Å². The first-order valence-corrected chi connectivity index (χ1v) is 11.9. The number of benzene rings is 2. The van der Waals surface area contributed by atoms with Crippen molar-refractivity contribution >= 4 is 40.7 Å². The van der Waals surface area contributed by atoms with Crippen LogP contribution in [0.15, 0.2) is 66.3 Å². The van der Waals surface area contributed by atoms with Crippen LogP contribution in [0.3, 0.4) is 0 Å². The van der Waals surface area contributed by atoms with E-state index in [0.29, 0.717) is 17.9 Å². The third-order valence-electron chi connectivity index (χ3n) is 5.51. The Morgan fingerprint density at radius 3 is 2.53 bits per heavy atom. The molecule has 1 aliphatic rings. The summed E-state index contributed by atoms with van der Waals surface area (Å²) >= 11 is 12.7. The Kier molecular flexibility index (Phi) is 9.55. The van der Waals surface area contributed by atoms with Gasteiger partial charge in [-0.15, -0.1) is 0 Å². The Morgan fingerprint density at radius 2 is 1.89 bits per heavy atom. The fourth-order valence-electron chi connectivity index (χ4n) is 3.81. The number of hydrogen-bond donors (Lipinski definition) is 4. The Morgan fingerprint density at radius 1 is 1.17 bits per heavy atom. The van der Waals surface area contributed by atoms with Gasteiger partial charge in [0.2, 0.25) is 5.91 Å². The van der Waals surface area contributed by atoms with Gasteiger partial charge in [-0.3, -0.25) is 19.7 Å². The number of anilines is 1. The number of amides is 2. The first kappa shape index (κ1) is 27.3. The van der Waals surface area contributed by atoms with Crippen LogP contribution in [0.4, 0.5) is 5.69 Å². The molecule has 0 aliphatic carbocycles. The van der Waals surface area contributed by atoms with Gasteiger partial charge in [-0.2, -0.15) is 0 Å². The molecular formula is C26H27Cl2N3O5. The molecule has 0 bridgehead atoms. The summed E-state index contributed by atoms with van der Waals surface area (Å²) in [5.41, 5.74) is 4.76. The van der Waals surface area contributed by atoms with Gasteiger partial charge < -0.3 is 15.2 Å². The SMILES string of the molecule is C=CC1=C(/C=C\C)CCN(Cc2cc(Oc3c(Cl)cc(NC(=O)CC(=O)NO)cc3Cl)ccc2O)C1. The van der Waals surface area contributed by atoms with Crippen LogP contribution in [0, 0.1) is 0 Å². The highest BCUT2D eigenvalue weighted by molar-refractivity contribution is 6.37. The normalized spacial score (nSPS) is 14.1. The zero-order valence-corrected chi connectivity index (χ0v) is 21.2. The number of hydrogen-bond acceptors (Lipinski definition) is 6. The van der Waals surface area contributed by atoms with Gasteiger partial charge in [-0.05, 0) is 54.8 Å². The Balaban J connectivity index is 1.74. The van der Waals surface area contributed by atoms with Crippen LogP contribution in [-0.2, 0) is 16.1 Å². The largest absolute Gasteiger partial charge is 0.508 e. The summed E-state index contributed by atoms with van der Waals surface area (Å²) in [5.74, 6) is -0.767. The van der Waals surface area contributed by atoms with Gasteiger partial charge >= 0.3 is 0 Å². The van der Waals surface area contributed by atoms with Crippen LogP contribution in [0.5, 0.6) is 17.2 Å². The van der Waals surface area contributed by atoms with E-state index >= 15 is 0 Å². The summed E-state index contributed by atoms with van der Waals surface area (Å²) < 4.78 is 5.92. The van der Waals surface area contributed by atoms with E-state index < -0.39 is 18.2 Å². The molecular weight excluding hydrogens is 505 g/mol. The minimum absolute atomic E-state index is 0.132. The molecule has 0 unspecified atom stereocenters. The summed E-state index contributed by atoms with van der Waals surface area (Å²) in [4.78, 5) is 25.2. The predicted octanol–water partition coefficient (Wildman–Crippen LogP) is 5.59. The monoisotopic (exact) mass is 531 g/mol. The van der Waals surface area contributed by atoms with Gasteiger partial charge in [0.05, 0.1) is 10.0 Å². The van der Waals surface area contributed by atoms with E-state index in [1.54, 1.807) is 18.2 Å². The summed E-state index contributed by atoms with van der Waals surface area (Å²) in [6.45, 7) is 7.99. The lowest BCUT2D eigenvalue weighted by atomic mass is 9.99. The zero-order chi connectivity index (χ0) is 26.2. The number of allylic oxidation sites excluding steroid dienone is 2. The number of hydroxylamine groups is 1. The van der Waals surface area contributed by atoms with E-state index in [-0.39, 0.29) is 27.2 Å². The lowest BCUT2D eigenvalue weighted by Crippen LogP contribution is -2.30. The molecule has 4 N–H and O–H groups in total. The third-order valence-corrected chi connectivity index (χ3v) is 6.07. The quantitative estimate of drug-likeness (QED) is 0.190. The molecule has 2 aromatic carbocycles. The van der Waals surface area contributed by atoms with Crippen molar-refractivity contribution < 1.29 is 24.6 Å². The number of nitrogens with zero attached hydrogens (tertiary/aromatic N) is 1. The molecule has 3 rings (SSSR count). The van der Waals surface area contributed by atoms with Crippen LogP contribution in [0.1, 0.15) is 25.3 Å². The molecule has 1 aliphatic heterocycles. The van der Waals surface area contributed by atoms with Crippen LogP contribution in [0.25, 0.3) is 0 Å².